The minimum Gasteiger partial charge on any atom is -0.493 e. The third-order valence-corrected chi connectivity index (χ3v) is 3.88. The number of hydrogen-bond donors (Lipinski definition) is 0. The lowest BCUT2D eigenvalue weighted by Crippen LogP contribution is -1.92. The average molecular weight is 379 g/mol. The van der Waals surface area contributed by atoms with E-state index in [9.17, 15) is 5.26 Å². The summed E-state index contributed by atoms with van der Waals surface area (Å²) < 4.78 is 11.3. The van der Waals surface area contributed by atoms with Gasteiger partial charge in [0.1, 0.15) is 0 Å². The molecule has 0 amide bonds. The number of ether oxygens (including phenoxy) is 2. The highest BCUT2D eigenvalue weighted by Crippen LogP contribution is 2.37. The Labute approximate surface area is 142 Å². The van der Waals surface area contributed by atoms with Crippen LogP contribution in [0.3, 0.4) is 0 Å². The van der Waals surface area contributed by atoms with Gasteiger partial charge in [-0.3, -0.25) is 0 Å². The number of nitriles is 1. The Kier molecular flexibility index (Phi) is 5.48. The minimum atomic E-state index is 0.538. The average Bonchev–Trinajstić information content (AvgIpc) is 2.53. The molecule has 2 aromatic rings. The number of hydrogen-bond acceptors (Lipinski definition) is 3. The van der Waals surface area contributed by atoms with Gasteiger partial charge in [-0.1, -0.05) is 23.7 Å². The fourth-order valence-electron chi connectivity index (χ4n) is 2.00. The van der Waals surface area contributed by atoms with Gasteiger partial charge in [0.2, 0.25) is 0 Å². The Morgan fingerprint density at radius 2 is 1.86 bits per heavy atom. The lowest BCUT2D eigenvalue weighted by molar-refractivity contribution is 0.353. The molecule has 3 nitrogen and oxygen atoms in total. The summed E-state index contributed by atoms with van der Waals surface area (Å²) in [5.74, 6) is 1.21. The van der Waals surface area contributed by atoms with E-state index in [0.717, 1.165) is 15.6 Å². The molecule has 0 fully saturated rings. The summed E-state index contributed by atoms with van der Waals surface area (Å²) in [6.07, 6.45) is 1.79. The molecule has 112 valence electrons. The molecule has 0 saturated heterocycles. The van der Waals surface area contributed by atoms with E-state index >= 15 is 0 Å². The summed E-state index contributed by atoms with van der Waals surface area (Å²) in [6, 6.07) is 13.0. The summed E-state index contributed by atoms with van der Waals surface area (Å²) in [5.41, 5.74) is 2.17. The maximum Gasteiger partial charge on any atom is 0.174 e. The van der Waals surface area contributed by atoms with Crippen molar-refractivity contribution < 1.29 is 9.47 Å². The number of halogens is 2. The zero-order valence-corrected chi connectivity index (χ0v) is 14.4. The molecule has 5 heteroatoms. The van der Waals surface area contributed by atoms with Crippen LogP contribution in [-0.2, 0) is 0 Å². The van der Waals surface area contributed by atoms with Crippen LogP contribution in [0.25, 0.3) is 11.6 Å². The van der Waals surface area contributed by atoms with Crippen LogP contribution in [0.5, 0.6) is 11.5 Å². The molecular weight excluding hydrogens is 366 g/mol. The molecule has 2 rings (SSSR count). The summed E-state index contributed by atoms with van der Waals surface area (Å²) >= 11 is 9.32. The number of nitrogens with zero attached hydrogens (tertiary/aromatic N) is 1. The molecule has 0 unspecified atom stereocenters. The van der Waals surface area contributed by atoms with Gasteiger partial charge < -0.3 is 9.47 Å². The first-order valence-electron chi connectivity index (χ1n) is 6.38. The van der Waals surface area contributed by atoms with Crippen molar-refractivity contribution in [3.63, 3.8) is 0 Å². The van der Waals surface area contributed by atoms with Gasteiger partial charge in [-0.15, -0.1) is 0 Å². The van der Waals surface area contributed by atoms with Gasteiger partial charge in [0.15, 0.2) is 11.5 Å². The molecule has 0 saturated carbocycles. The standard InChI is InChI=1S/C17H13BrClNO2/c1-21-16-9-11(8-15(18)17(16)22-2)7-13(10-20)12-3-5-14(19)6-4-12/h3-9H,1-2H3/b13-7+. The van der Waals surface area contributed by atoms with Gasteiger partial charge in [0.25, 0.3) is 0 Å². The third kappa shape index (κ3) is 3.62. The summed E-state index contributed by atoms with van der Waals surface area (Å²) in [4.78, 5) is 0. The Hall–Kier alpha value is -1.96. The van der Waals surface area contributed by atoms with Gasteiger partial charge in [-0.25, -0.2) is 0 Å². The molecular formula is C17H13BrClNO2. The summed E-state index contributed by atoms with van der Waals surface area (Å²) in [7, 11) is 3.15. The largest absolute Gasteiger partial charge is 0.493 e. The molecule has 0 radical (unpaired) electrons. The lowest BCUT2D eigenvalue weighted by atomic mass is 10.0. The molecule has 0 N–H and O–H groups in total. The Morgan fingerprint density at radius 1 is 1.18 bits per heavy atom. The molecule has 0 aliphatic carbocycles. The Balaban J connectivity index is 2.48. The van der Waals surface area contributed by atoms with Crippen LogP contribution in [0.4, 0.5) is 0 Å². The highest BCUT2D eigenvalue weighted by atomic mass is 79.9. The maximum atomic E-state index is 9.39. The van der Waals surface area contributed by atoms with Gasteiger partial charge in [0.05, 0.1) is 30.3 Å². The smallest absolute Gasteiger partial charge is 0.174 e. The van der Waals surface area contributed by atoms with Crippen LogP contribution < -0.4 is 9.47 Å². The van der Waals surface area contributed by atoms with Crippen molar-refractivity contribution in [3.05, 3.63) is 57.0 Å². The van der Waals surface area contributed by atoms with Gasteiger partial charge in [0, 0.05) is 5.02 Å². The van der Waals surface area contributed by atoms with E-state index < -0.39 is 0 Å². The second kappa shape index (κ2) is 7.35. The van der Waals surface area contributed by atoms with Gasteiger partial charge in [-0.2, -0.15) is 5.26 Å². The molecule has 0 aliphatic heterocycles. The van der Waals surface area contributed by atoms with Crippen molar-refractivity contribution in [2.24, 2.45) is 0 Å². The second-order valence-corrected chi connectivity index (χ2v) is 5.71. The van der Waals surface area contributed by atoms with E-state index in [-0.39, 0.29) is 0 Å². The first-order valence-corrected chi connectivity index (χ1v) is 7.55. The highest BCUT2D eigenvalue weighted by molar-refractivity contribution is 9.10. The minimum absolute atomic E-state index is 0.538. The van der Waals surface area contributed by atoms with Crippen molar-refractivity contribution in [3.8, 4) is 17.6 Å². The molecule has 22 heavy (non-hydrogen) atoms. The fourth-order valence-corrected chi connectivity index (χ4v) is 2.75. The predicted molar refractivity (Wildman–Crippen MR) is 92.2 cm³/mol. The number of rotatable bonds is 4. The van der Waals surface area contributed by atoms with E-state index in [1.807, 2.05) is 24.3 Å². The monoisotopic (exact) mass is 377 g/mol. The zero-order chi connectivity index (χ0) is 16.1. The van der Waals surface area contributed by atoms with Crippen molar-refractivity contribution >= 4 is 39.2 Å². The molecule has 0 aromatic heterocycles. The first kappa shape index (κ1) is 16.4. The van der Waals surface area contributed by atoms with Gasteiger partial charge in [-0.05, 0) is 57.4 Å². The number of allylic oxidation sites excluding steroid dienone is 1. The number of methoxy groups -OCH3 is 2. The van der Waals surface area contributed by atoms with Crippen molar-refractivity contribution in [2.45, 2.75) is 0 Å². The SMILES string of the molecule is COc1cc(/C=C(\C#N)c2ccc(Cl)cc2)cc(Br)c1OC. The fraction of sp³-hybridized carbons (Fsp3) is 0.118. The van der Waals surface area contributed by atoms with Crippen LogP contribution >= 0.6 is 27.5 Å². The predicted octanol–water partition coefficient (Wildman–Crippen LogP) is 5.18. The zero-order valence-electron chi connectivity index (χ0n) is 12.1. The van der Waals surface area contributed by atoms with Crippen LogP contribution in [0.1, 0.15) is 11.1 Å². The molecule has 2 aromatic carbocycles. The molecule has 0 bridgehead atoms. The van der Waals surface area contributed by atoms with E-state index in [1.165, 1.54) is 0 Å². The van der Waals surface area contributed by atoms with Crippen molar-refractivity contribution in [2.75, 3.05) is 14.2 Å². The van der Waals surface area contributed by atoms with Crippen LogP contribution in [-0.4, -0.2) is 14.2 Å². The third-order valence-electron chi connectivity index (χ3n) is 3.04. The van der Waals surface area contributed by atoms with Gasteiger partial charge >= 0.3 is 0 Å². The molecule has 0 aliphatic rings. The number of benzene rings is 2. The van der Waals surface area contributed by atoms with E-state index in [1.54, 1.807) is 32.4 Å². The molecule has 0 heterocycles. The topological polar surface area (TPSA) is 42.2 Å². The van der Waals surface area contributed by atoms with E-state index in [0.29, 0.717) is 22.1 Å². The first-order chi connectivity index (χ1) is 10.6. The Morgan fingerprint density at radius 3 is 2.41 bits per heavy atom. The second-order valence-electron chi connectivity index (χ2n) is 4.41. The normalized spacial score (nSPS) is 11.0. The van der Waals surface area contributed by atoms with Crippen LogP contribution in [0.15, 0.2) is 40.9 Å². The van der Waals surface area contributed by atoms with E-state index in [4.69, 9.17) is 21.1 Å². The van der Waals surface area contributed by atoms with E-state index in [2.05, 4.69) is 22.0 Å². The highest BCUT2D eigenvalue weighted by Gasteiger charge is 2.10. The summed E-state index contributed by atoms with van der Waals surface area (Å²) in [5, 5.41) is 10.0. The summed E-state index contributed by atoms with van der Waals surface area (Å²) in [6.45, 7) is 0. The molecule has 0 atom stereocenters. The van der Waals surface area contributed by atoms with Crippen molar-refractivity contribution in [1.82, 2.24) is 0 Å². The quantitative estimate of drug-likeness (QED) is 0.543. The Bertz CT molecular complexity index is 748. The maximum absolute atomic E-state index is 9.39. The molecule has 0 spiro atoms. The lowest BCUT2D eigenvalue weighted by Gasteiger charge is -2.10. The van der Waals surface area contributed by atoms with Crippen molar-refractivity contribution in [1.29, 1.82) is 5.26 Å². The van der Waals surface area contributed by atoms with Crippen LogP contribution in [0, 0.1) is 11.3 Å². The van der Waals surface area contributed by atoms with Crippen LogP contribution in [0.2, 0.25) is 5.02 Å².